The zero-order chi connectivity index (χ0) is 19.6. The van der Waals surface area contributed by atoms with Crippen molar-refractivity contribution in [1.82, 2.24) is 0 Å². The molecule has 0 heterocycles. The third kappa shape index (κ3) is 3.61. The van der Waals surface area contributed by atoms with Gasteiger partial charge in [-0.1, -0.05) is 13.8 Å². The Kier molecular flexibility index (Phi) is 6.10. The van der Waals surface area contributed by atoms with Crippen LogP contribution in [0.5, 0.6) is 11.5 Å². The molecule has 0 fully saturated rings. The van der Waals surface area contributed by atoms with Crippen LogP contribution in [0.1, 0.15) is 36.5 Å². The van der Waals surface area contributed by atoms with Crippen molar-refractivity contribution in [1.29, 1.82) is 0 Å². The summed E-state index contributed by atoms with van der Waals surface area (Å²) in [7, 11) is 2.96. The smallest absolute Gasteiger partial charge is 0.200 e. The maximum absolute atomic E-state index is 13.8. The first-order chi connectivity index (χ1) is 12.2. The number of hydrogen-bond donors (Lipinski definition) is 0. The molecule has 0 spiro atoms. The summed E-state index contributed by atoms with van der Waals surface area (Å²) in [6, 6.07) is 3.34. The lowest BCUT2D eigenvalue weighted by Gasteiger charge is -2.18. The minimum Gasteiger partial charge on any atom is -0.496 e. The molecule has 0 bridgehead atoms. The summed E-state index contributed by atoms with van der Waals surface area (Å²) >= 11 is 0. The van der Waals surface area contributed by atoms with Gasteiger partial charge in [0.05, 0.1) is 14.2 Å². The van der Waals surface area contributed by atoms with Crippen LogP contribution in [0.25, 0.3) is 0 Å². The van der Waals surface area contributed by atoms with Crippen molar-refractivity contribution in [3.05, 3.63) is 57.9 Å². The topological polar surface area (TPSA) is 18.5 Å². The van der Waals surface area contributed by atoms with Gasteiger partial charge in [-0.25, -0.2) is 22.0 Å². The quantitative estimate of drug-likeness (QED) is 0.388. The largest absolute Gasteiger partial charge is 0.496 e. The minimum atomic E-state index is -2.16. The number of ether oxygens (including phenoxy) is 2. The van der Waals surface area contributed by atoms with Gasteiger partial charge in [0.15, 0.2) is 23.3 Å². The first kappa shape index (κ1) is 20.0. The molecule has 0 amide bonds. The zero-order valence-corrected chi connectivity index (χ0v) is 14.9. The fraction of sp³-hybridized carbons (Fsp3) is 0.368. The van der Waals surface area contributed by atoms with Crippen LogP contribution >= 0.6 is 0 Å². The number of halogens is 5. The highest BCUT2D eigenvalue weighted by atomic mass is 19.2. The summed E-state index contributed by atoms with van der Waals surface area (Å²) in [6.07, 6.45) is -0.317. The van der Waals surface area contributed by atoms with E-state index < -0.39 is 34.6 Å². The molecule has 0 radical (unpaired) electrons. The van der Waals surface area contributed by atoms with Crippen LogP contribution in [-0.2, 0) is 12.8 Å². The molecule has 7 heteroatoms. The molecule has 0 saturated carbocycles. The summed E-state index contributed by atoms with van der Waals surface area (Å²) < 4.78 is 78.0. The Morgan fingerprint density at radius 2 is 1.15 bits per heavy atom. The van der Waals surface area contributed by atoms with Gasteiger partial charge in [0.2, 0.25) is 5.82 Å². The molecule has 0 aliphatic heterocycles. The van der Waals surface area contributed by atoms with Crippen molar-refractivity contribution in [2.75, 3.05) is 14.2 Å². The number of aryl methyl sites for hydroxylation is 1. The van der Waals surface area contributed by atoms with Crippen LogP contribution < -0.4 is 9.47 Å². The number of benzene rings is 2. The molecule has 0 saturated heterocycles. The lowest BCUT2D eigenvalue weighted by molar-refractivity contribution is 0.369. The predicted molar refractivity (Wildman–Crippen MR) is 87.3 cm³/mol. The van der Waals surface area contributed by atoms with Crippen LogP contribution in [0.3, 0.4) is 0 Å². The Labute approximate surface area is 148 Å². The highest BCUT2D eigenvalue weighted by Crippen LogP contribution is 2.37. The van der Waals surface area contributed by atoms with Crippen molar-refractivity contribution < 1.29 is 31.4 Å². The monoisotopic (exact) mass is 374 g/mol. The van der Waals surface area contributed by atoms with E-state index in [1.54, 1.807) is 12.1 Å². The molecule has 0 atom stereocenters. The SMILES string of the molecule is COc1cc(CCc2c(F)c(F)c(F)c(F)c2F)cc(OC)c1C(C)C. The molecular formula is C19H19F5O2. The van der Waals surface area contributed by atoms with Crippen LogP contribution in [0.4, 0.5) is 22.0 Å². The highest BCUT2D eigenvalue weighted by molar-refractivity contribution is 5.50. The second-order valence-corrected chi connectivity index (χ2v) is 6.12. The highest BCUT2D eigenvalue weighted by Gasteiger charge is 2.25. The van der Waals surface area contributed by atoms with Gasteiger partial charge in [0.1, 0.15) is 11.5 Å². The Balaban J connectivity index is 2.40. The summed E-state index contributed by atoms with van der Waals surface area (Å²) in [5.41, 5.74) is 0.578. The van der Waals surface area contributed by atoms with Gasteiger partial charge in [-0.2, -0.15) is 0 Å². The zero-order valence-electron chi connectivity index (χ0n) is 14.9. The average molecular weight is 374 g/mol. The first-order valence-corrected chi connectivity index (χ1v) is 7.97. The molecule has 2 rings (SSSR count). The standard InChI is InChI=1S/C19H19F5O2/c1-9(2)14-12(25-3)7-10(8-13(14)26-4)5-6-11-15(20)17(22)19(24)18(23)16(11)21/h7-9H,5-6H2,1-4H3. The van der Waals surface area contributed by atoms with E-state index in [4.69, 9.17) is 9.47 Å². The Hall–Kier alpha value is -2.31. The molecule has 142 valence electrons. The number of methoxy groups -OCH3 is 2. The Morgan fingerprint density at radius 3 is 1.54 bits per heavy atom. The van der Waals surface area contributed by atoms with Gasteiger partial charge in [-0.05, 0) is 36.5 Å². The van der Waals surface area contributed by atoms with Crippen molar-refractivity contribution >= 4 is 0 Å². The van der Waals surface area contributed by atoms with E-state index in [0.29, 0.717) is 17.1 Å². The summed E-state index contributed by atoms with van der Waals surface area (Å²) in [4.78, 5) is 0. The van der Waals surface area contributed by atoms with Crippen molar-refractivity contribution in [2.45, 2.75) is 32.6 Å². The van der Waals surface area contributed by atoms with Gasteiger partial charge in [-0.3, -0.25) is 0 Å². The van der Waals surface area contributed by atoms with Gasteiger partial charge in [0.25, 0.3) is 0 Å². The molecule has 0 N–H and O–H groups in total. The van der Waals surface area contributed by atoms with E-state index in [-0.39, 0.29) is 18.8 Å². The van der Waals surface area contributed by atoms with E-state index in [0.717, 1.165) is 5.56 Å². The van der Waals surface area contributed by atoms with E-state index in [1.165, 1.54) is 14.2 Å². The molecule has 0 unspecified atom stereocenters. The molecule has 2 aromatic carbocycles. The fourth-order valence-electron chi connectivity index (χ4n) is 2.85. The first-order valence-electron chi connectivity index (χ1n) is 7.97. The third-order valence-corrected chi connectivity index (χ3v) is 4.15. The second-order valence-electron chi connectivity index (χ2n) is 6.12. The molecule has 2 aromatic rings. The average Bonchev–Trinajstić information content (AvgIpc) is 2.63. The second kappa shape index (κ2) is 7.93. The van der Waals surface area contributed by atoms with Gasteiger partial charge in [-0.15, -0.1) is 0 Å². The van der Waals surface area contributed by atoms with Crippen molar-refractivity contribution in [3.8, 4) is 11.5 Å². The summed E-state index contributed by atoms with van der Waals surface area (Å²) in [5, 5.41) is 0. The minimum absolute atomic E-state index is 0.0451. The molecule has 2 nitrogen and oxygen atoms in total. The molecule has 0 aliphatic rings. The van der Waals surface area contributed by atoms with E-state index >= 15 is 0 Å². The van der Waals surface area contributed by atoms with E-state index in [2.05, 4.69) is 0 Å². The fourth-order valence-corrected chi connectivity index (χ4v) is 2.85. The molecule has 26 heavy (non-hydrogen) atoms. The van der Waals surface area contributed by atoms with Crippen LogP contribution in [0.2, 0.25) is 0 Å². The van der Waals surface area contributed by atoms with Crippen molar-refractivity contribution in [3.63, 3.8) is 0 Å². The number of rotatable bonds is 6. The number of hydrogen-bond acceptors (Lipinski definition) is 2. The normalized spacial score (nSPS) is 11.2. The third-order valence-electron chi connectivity index (χ3n) is 4.15. The van der Waals surface area contributed by atoms with Gasteiger partial charge >= 0.3 is 0 Å². The molecule has 0 aliphatic carbocycles. The van der Waals surface area contributed by atoms with Crippen LogP contribution in [0.15, 0.2) is 12.1 Å². The maximum atomic E-state index is 13.8. The van der Waals surface area contributed by atoms with Crippen molar-refractivity contribution in [2.24, 2.45) is 0 Å². The van der Waals surface area contributed by atoms with Crippen LogP contribution in [0, 0.1) is 29.1 Å². The lowest BCUT2D eigenvalue weighted by atomic mass is 9.96. The van der Waals surface area contributed by atoms with Crippen LogP contribution in [-0.4, -0.2) is 14.2 Å². The molecular weight excluding hydrogens is 355 g/mol. The van der Waals surface area contributed by atoms with E-state index in [9.17, 15) is 22.0 Å². The Bertz CT molecular complexity index is 764. The van der Waals surface area contributed by atoms with Gasteiger partial charge in [0, 0.05) is 11.1 Å². The lowest BCUT2D eigenvalue weighted by Crippen LogP contribution is -2.08. The van der Waals surface area contributed by atoms with Gasteiger partial charge < -0.3 is 9.47 Å². The maximum Gasteiger partial charge on any atom is 0.200 e. The molecule has 0 aromatic heterocycles. The summed E-state index contributed by atoms with van der Waals surface area (Å²) in [5.74, 6) is -8.48. The summed E-state index contributed by atoms with van der Waals surface area (Å²) in [6.45, 7) is 3.91. The Morgan fingerprint density at radius 1 is 0.731 bits per heavy atom. The predicted octanol–water partition coefficient (Wildman–Crippen LogP) is 5.31. The van der Waals surface area contributed by atoms with E-state index in [1.807, 2.05) is 13.8 Å².